The molecule has 1 aliphatic heterocycles. The number of phenolic OH excluding ortho intramolecular Hbond substituents is 2. The lowest BCUT2D eigenvalue weighted by atomic mass is 10.1. The topological polar surface area (TPSA) is 101 Å². The summed E-state index contributed by atoms with van der Waals surface area (Å²) in [6.07, 6.45) is 1.47. The zero-order chi connectivity index (χ0) is 18.8. The molecule has 2 aromatic carbocycles. The van der Waals surface area contributed by atoms with E-state index in [0.717, 1.165) is 16.7 Å². The number of thiocarbonyl (C=S) groups is 1. The van der Waals surface area contributed by atoms with Gasteiger partial charge in [0.15, 0.2) is 11.5 Å². The van der Waals surface area contributed by atoms with Crippen molar-refractivity contribution in [3.05, 3.63) is 64.6 Å². The van der Waals surface area contributed by atoms with Gasteiger partial charge in [-0.3, -0.25) is 9.69 Å². The minimum absolute atomic E-state index is 0.0994. The number of thioether (sulfide) groups is 1. The summed E-state index contributed by atoms with van der Waals surface area (Å²) in [6, 6.07) is 11.0. The maximum Gasteiger partial charge on any atom is 0.267 e. The van der Waals surface area contributed by atoms with E-state index in [1.54, 1.807) is 30.3 Å². The molecule has 1 aliphatic rings. The van der Waals surface area contributed by atoms with Gasteiger partial charge in [-0.15, -0.1) is 0 Å². The average Bonchev–Trinajstić information content (AvgIpc) is 2.87. The summed E-state index contributed by atoms with van der Waals surface area (Å²) in [5.41, 5.74) is 0.845. The van der Waals surface area contributed by atoms with Gasteiger partial charge in [-0.2, -0.15) is 0 Å². The van der Waals surface area contributed by atoms with Crippen LogP contribution in [-0.2, 0) is 9.59 Å². The predicted octanol–water partition coefficient (Wildman–Crippen LogP) is 1.79. The van der Waals surface area contributed by atoms with Crippen molar-refractivity contribution >= 4 is 46.3 Å². The van der Waals surface area contributed by atoms with Crippen molar-refractivity contribution < 1.29 is 24.9 Å². The summed E-state index contributed by atoms with van der Waals surface area (Å²) in [6.45, 7) is 0. The van der Waals surface area contributed by atoms with Crippen LogP contribution >= 0.6 is 24.0 Å². The molecule has 2 N–H and O–H groups in total. The Morgan fingerprint density at radius 3 is 2.46 bits per heavy atom. The number of amides is 1. The Morgan fingerprint density at radius 2 is 1.85 bits per heavy atom. The molecule has 0 unspecified atom stereocenters. The molecule has 0 spiro atoms. The van der Waals surface area contributed by atoms with E-state index in [1.165, 1.54) is 24.3 Å². The van der Waals surface area contributed by atoms with Gasteiger partial charge in [-0.25, -0.2) is 0 Å². The Bertz CT molecular complexity index is 926. The predicted molar refractivity (Wildman–Crippen MR) is 99.0 cm³/mol. The van der Waals surface area contributed by atoms with Crippen LogP contribution < -0.4 is 5.11 Å². The summed E-state index contributed by atoms with van der Waals surface area (Å²) in [4.78, 5) is 25.6. The van der Waals surface area contributed by atoms with E-state index in [9.17, 15) is 24.9 Å². The summed E-state index contributed by atoms with van der Waals surface area (Å²) < 4.78 is 0.0994. The second kappa shape index (κ2) is 7.19. The van der Waals surface area contributed by atoms with Crippen molar-refractivity contribution in [3.63, 3.8) is 0 Å². The molecule has 0 aliphatic carbocycles. The van der Waals surface area contributed by atoms with E-state index < -0.39 is 17.9 Å². The Labute approximate surface area is 158 Å². The fraction of sp³-hybridized carbons (Fsp3) is 0.0556. The smallest absolute Gasteiger partial charge is 0.267 e. The van der Waals surface area contributed by atoms with Gasteiger partial charge < -0.3 is 20.1 Å². The third-order valence-electron chi connectivity index (χ3n) is 3.72. The fourth-order valence-corrected chi connectivity index (χ4v) is 3.82. The third-order valence-corrected chi connectivity index (χ3v) is 5.05. The van der Waals surface area contributed by atoms with Gasteiger partial charge in [0.25, 0.3) is 5.91 Å². The zero-order valence-corrected chi connectivity index (χ0v) is 14.8. The Kier molecular flexibility index (Phi) is 4.97. The number of carboxylic acid groups (broad SMARTS) is 1. The number of aliphatic carboxylic acids is 1. The molecular weight excluding hydrogens is 374 g/mol. The van der Waals surface area contributed by atoms with Gasteiger partial charge >= 0.3 is 0 Å². The van der Waals surface area contributed by atoms with Crippen LogP contribution in [0, 0.1) is 0 Å². The number of hydrogen-bond donors (Lipinski definition) is 2. The van der Waals surface area contributed by atoms with Gasteiger partial charge in [0.1, 0.15) is 10.4 Å². The number of aromatic hydroxyl groups is 2. The number of benzene rings is 2. The maximum absolute atomic E-state index is 12.7. The Balaban J connectivity index is 1.96. The average molecular weight is 386 g/mol. The van der Waals surface area contributed by atoms with Crippen LogP contribution in [0.4, 0.5) is 0 Å². The van der Waals surface area contributed by atoms with Gasteiger partial charge in [-0.05, 0) is 29.3 Å². The Morgan fingerprint density at radius 1 is 1.15 bits per heavy atom. The van der Waals surface area contributed by atoms with Crippen LogP contribution in [0.3, 0.4) is 0 Å². The van der Waals surface area contributed by atoms with Crippen LogP contribution in [-0.4, -0.2) is 31.3 Å². The molecule has 1 saturated heterocycles. The fourth-order valence-electron chi connectivity index (χ4n) is 2.51. The highest BCUT2D eigenvalue weighted by atomic mass is 32.2. The van der Waals surface area contributed by atoms with Crippen molar-refractivity contribution in [3.8, 4) is 11.5 Å². The van der Waals surface area contributed by atoms with E-state index in [2.05, 4.69) is 0 Å². The first-order chi connectivity index (χ1) is 12.4. The first kappa shape index (κ1) is 18.0. The second-order valence-corrected chi connectivity index (χ2v) is 7.11. The summed E-state index contributed by atoms with van der Waals surface area (Å²) in [5, 5.41) is 30.6. The number of rotatable bonds is 4. The summed E-state index contributed by atoms with van der Waals surface area (Å²) >= 11 is 6.16. The molecule has 2 aromatic rings. The van der Waals surface area contributed by atoms with E-state index in [4.69, 9.17) is 12.2 Å². The quantitative estimate of drug-likeness (QED) is 0.469. The minimum Gasteiger partial charge on any atom is -0.547 e. The van der Waals surface area contributed by atoms with Gasteiger partial charge in [-0.1, -0.05) is 60.4 Å². The SMILES string of the molecule is O=C([O-])[C@H](c1ccccc1)N1C(=O)/C(=C\c2ccc(O)c(O)c2)SC1=S. The molecule has 132 valence electrons. The third kappa shape index (κ3) is 3.42. The highest BCUT2D eigenvalue weighted by molar-refractivity contribution is 8.26. The van der Waals surface area contributed by atoms with Crippen molar-refractivity contribution in [1.29, 1.82) is 0 Å². The van der Waals surface area contributed by atoms with Crippen molar-refractivity contribution in [2.24, 2.45) is 0 Å². The zero-order valence-electron chi connectivity index (χ0n) is 13.2. The van der Waals surface area contributed by atoms with Crippen LogP contribution in [0.15, 0.2) is 53.4 Å². The van der Waals surface area contributed by atoms with Crippen LogP contribution in [0.5, 0.6) is 11.5 Å². The molecule has 1 amide bonds. The van der Waals surface area contributed by atoms with E-state index in [1.807, 2.05) is 0 Å². The monoisotopic (exact) mass is 386 g/mol. The van der Waals surface area contributed by atoms with Crippen molar-refractivity contribution in [2.75, 3.05) is 0 Å². The van der Waals surface area contributed by atoms with E-state index in [0.29, 0.717) is 11.1 Å². The Hall–Kier alpha value is -2.84. The molecular formula is C18H12NO5S2-. The molecule has 1 fully saturated rings. The van der Waals surface area contributed by atoms with E-state index in [-0.39, 0.29) is 20.7 Å². The van der Waals surface area contributed by atoms with Gasteiger partial charge in [0, 0.05) is 0 Å². The molecule has 1 atom stereocenters. The lowest BCUT2D eigenvalue weighted by Gasteiger charge is -2.27. The first-order valence-electron chi connectivity index (χ1n) is 7.43. The maximum atomic E-state index is 12.7. The van der Waals surface area contributed by atoms with E-state index >= 15 is 0 Å². The molecule has 0 bridgehead atoms. The number of carbonyl (C=O) groups excluding carboxylic acids is 2. The highest BCUT2D eigenvalue weighted by Crippen LogP contribution is 2.38. The van der Waals surface area contributed by atoms with Crippen LogP contribution in [0.2, 0.25) is 0 Å². The van der Waals surface area contributed by atoms with Crippen molar-refractivity contribution in [1.82, 2.24) is 4.90 Å². The van der Waals surface area contributed by atoms with Crippen molar-refractivity contribution in [2.45, 2.75) is 6.04 Å². The largest absolute Gasteiger partial charge is 0.547 e. The molecule has 1 heterocycles. The normalized spacial score (nSPS) is 16.9. The molecule has 26 heavy (non-hydrogen) atoms. The van der Waals surface area contributed by atoms with Gasteiger partial charge in [0.05, 0.1) is 10.9 Å². The standard InChI is InChI=1S/C18H13NO5S2/c20-12-7-6-10(8-13(12)21)9-14-16(22)19(18(25)26-14)15(17(23)24)11-4-2-1-3-5-11/h1-9,15,20-21H,(H,23,24)/p-1/b14-9+/t15-/m0/s1. The highest BCUT2D eigenvalue weighted by Gasteiger charge is 2.38. The first-order valence-corrected chi connectivity index (χ1v) is 8.66. The molecule has 8 heteroatoms. The summed E-state index contributed by atoms with van der Waals surface area (Å²) in [5.74, 6) is -2.61. The number of nitrogens with zero attached hydrogens (tertiary/aromatic N) is 1. The van der Waals surface area contributed by atoms with Crippen LogP contribution in [0.1, 0.15) is 17.2 Å². The number of phenols is 2. The number of carbonyl (C=O) groups is 2. The lowest BCUT2D eigenvalue weighted by molar-refractivity contribution is -0.310. The molecule has 6 nitrogen and oxygen atoms in total. The number of carboxylic acids is 1. The molecule has 3 rings (SSSR count). The molecule has 0 aromatic heterocycles. The summed E-state index contributed by atoms with van der Waals surface area (Å²) in [7, 11) is 0. The second-order valence-electron chi connectivity index (χ2n) is 5.43. The minimum atomic E-state index is -1.43. The molecule has 0 saturated carbocycles. The van der Waals surface area contributed by atoms with Crippen LogP contribution in [0.25, 0.3) is 6.08 Å². The van der Waals surface area contributed by atoms with Gasteiger partial charge in [0.2, 0.25) is 0 Å². The lowest BCUT2D eigenvalue weighted by Crippen LogP contribution is -2.43. The number of hydrogen-bond acceptors (Lipinski definition) is 7. The molecule has 0 radical (unpaired) electrons.